The molecular weight excluding hydrogens is 322 g/mol. The first-order valence-electron chi connectivity index (χ1n) is 9.40. The van der Waals surface area contributed by atoms with Crippen molar-refractivity contribution >= 4 is 17.5 Å². The molecule has 0 unspecified atom stereocenters. The fraction of sp³-hybridized carbons (Fsp3) is 0.632. The predicted molar refractivity (Wildman–Crippen MR) is 96.4 cm³/mol. The van der Waals surface area contributed by atoms with Gasteiger partial charge in [-0.15, -0.1) is 0 Å². The average Bonchev–Trinajstić information content (AvgIpc) is 2.57. The molecule has 24 heavy (non-hydrogen) atoms. The van der Waals surface area contributed by atoms with Crippen LogP contribution in [0.1, 0.15) is 37.7 Å². The Balaban J connectivity index is 1.37. The van der Waals surface area contributed by atoms with Crippen molar-refractivity contribution in [2.24, 2.45) is 0 Å². The molecule has 132 valence electrons. The second kappa shape index (κ2) is 8.84. The molecule has 1 saturated carbocycles. The molecule has 2 aliphatic rings. The van der Waals surface area contributed by atoms with E-state index in [-0.39, 0.29) is 5.91 Å². The number of hydrogen-bond acceptors (Lipinski definition) is 1. The van der Waals surface area contributed by atoms with E-state index in [0.29, 0.717) is 12.6 Å². The quantitative estimate of drug-likeness (QED) is 0.690. The Morgan fingerprint density at radius 2 is 1.79 bits per heavy atom. The second-order valence-electron chi connectivity index (χ2n) is 7.39. The van der Waals surface area contributed by atoms with E-state index in [9.17, 15) is 4.79 Å². The van der Waals surface area contributed by atoms with Gasteiger partial charge in [0.1, 0.15) is 32.7 Å². The first kappa shape index (κ1) is 17.7. The second-order valence-corrected chi connectivity index (χ2v) is 7.82. The Morgan fingerprint density at radius 3 is 2.50 bits per heavy atom. The van der Waals surface area contributed by atoms with E-state index in [1.807, 2.05) is 12.1 Å². The van der Waals surface area contributed by atoms with Crippen LogP contribution in [0, 0.1) is 0 Å². The molecule has 2 fully saturated rings. The number of amides is 1. The van der Waals surface area contributed by atoms with Crippen LogP contribution in [0.5, 0.6) is 0 Å². The summed E-state index contributed by atoms with van der Waals surface area (Å²) in [6, 6.07) is 8.59. The molecular formula is C19H30ClN3O+2. The van der Waals surface area contributed by atoms with Crippen LogP contribution in [0.3, 0.4) is 0 Å². The standard InChI is InChI=1S/C19H28ClN3O/c20-17-6-4-5-16(13-17)14-22-9-11-23(12-10-22)15-19(24)21-18-7-2-1-3-8-18/h4-6,13,18H,1-3,7-12,14-15H2,(H,21,24)/p+2. The lowest BCUT2D eigenvalue weighted by Gasteiger charge is -2.30. The van der Waals surface area contributed by atoms with E-state index >= 15 is 0 Å². The maximum absolute atomic E-state index is 12.2. The van der Waals surface area contributed by atoms with Crippen LogP contribution in [-0.2, 0) is 11.3 Å². The van der Waals surface area contributed by atoms with Crippen LogP contribution in [0.15, 0.2) is 24.3 Å². The molecule has 1 aliphatic carbocycles. The van der Waals surface area contributed by atoms with Crippen molar-refractivity contribution in [1.82, 2.24) is 5.32 Å². The number of nitrogens with one attached hydrogen (secondary N) is 3. The molecule has 0 bridgehead atoms. The third kappa shape index (κ3) is 5.47. The van der Waals surface area contributed by atoms with Crippen LogP contribution in [-0.4, -0.2) is 44.7 Å². The molecule has 3 rings (SSSR count). The Morgan fingerprint density at radius 1 is 1.08 bits per heavy atom. The summed E-state index contributed by atoms with van der Waals surface area (Å²) in [4.78, 5) is 15.3. The fourth-order valence-electron chi connectivity index (χ4n) is 4.00. The van der Waals surface area contributed by atoms with Crippen molar-refractivity contribution < 1.29 is 14.6 Å². The summed E-state index contributed by atoms with van der Waals surface area (Å²) in [6.45, 7) is 6.07. The lowest BCUT2D eigenvalue weighted by Crippen LogP contribution is -3.28. The maximum atomic E-state index is 12.2. The maximum Gasteiger partial charge on any atom is 0.275 e. The lowest BCUT2D eigenvalue weighted by molar-refractivity contribution is -1.02. The fourth-order valence-corrected chi connectivity index (χ4v) is 4.21. The van der Waals surface area contributed by atoms with Gasteiger partial charge in [-0.25, -0.2) is 0 Å². The van der Waals surface area contributed by atoms with Gasteiger partial charge in [-0.2, -0.15) is 0 Å². The van der Waals surface area contributed by atoms with Crippen LogP contribution in [0.25, 0.3) is 0 Å². The molecule has 3 N–H and O–H groups in total. The van der Waals surface area contributed by atoms with Gasteiger partial charge in [-0.1, -0.05) is 43.0 Å². The van der Waals surface area contributed by atoms with Crippen LogP contribution < -0.4 is 15.1 Å². The SMILES string of the molecule is O=C(C[NH+]1CC[NH+](Cc2cccc(Cl)c2)CC1)NC1CCCCC1. The number of piperazine rings is 1. The molecule has 1 heterocycles. The molecule has 0 radical (unpaired) electrons. The number of carbonyl (C=O) groups excluding carboxylic acids is 1. The van der Waals surface area contributed by atoms with Crippen LogP contribution in [0.4, 0.5) is 0 Å². The third-order valence-corrected chi connectivity index (χ3v) is 5.62. The Labute approximate surface area is 150 Å². The molecule has 0 spiro atoms. The average molecular weight is 352 g/mol. The topological polar surface area (TPSA) is 38.0 Å². The molecule has 0 atom stereocenters. The predicted octanol–water partition coefficient (Wildman–Crippen LogP) is 0.0723. The third-order valence-electron chi connectivity index (χ3n) is 5.39. The van der Waals surface area contributed by atoms with E-state index in [4.69, 9.17) is 11.6 Å². The first-order chi connectivity index (χ1) is 11.7. The number of hydrogen-bond donors (Lipinski definition) is 3. The number of rotatable bonds is 5. The minimum atomic E-state index is 0.246. The number of carbonyl (C=O) groups is 1. The Hall–Kier alpha value is -1.10. The van der Waals surface area contributed by atoms with Crippen molar-refractivity contribution in [2.45, 2.75) is 44.7 Å². The molecule has 4 nitrogen and oxygen atoms in total. The van der Waals surface area contributed by atoms with Crippen molar-refractivity contribution in [3.63, 3.8) is 0 Å². The molecule has 5 heteroatoms. The lowest BCUT2D eigenvalue weighted by atomic mass is 9.95. The molecule has 1 saturated heterocycles. The summed E-state index contributed by atoms with van der Waals surface area (Å²) in [5.74, 6) is 0.246. The van der Waals surface area contributed by atoms with E-state index in [0.717, 1.165) is 37.7 Å². The smallest absolute Gasteiger partial charge is 0.275 e. The normalized spacial score (nSPS) is 25.4. The van der Waals surface area contributed by atoms with Crippen LogP contribution >= 0.6 is 11.6 Å². The summed E-state index contributed by atoms with van der Waals surface area (Å²) < 4.78 is 0. The van der Waals surface area contributed by atoms with Gasteiger partial charge in [0.15, 0.2) is 6.54 Å². The highest BCUT2D eigenvalue weighted by molar-refractivity contribution is 6.30. The molecule has 0 aromatic heterocycles. The minimum Gasteiger partial charge on any atom is -0.348 e. The highest BCUT2D eigenvalue weighted by atomic mass is 35.5. The van der Waals surface area contributed by atoms with Gasteiger partial charge in [-0.05, 0) is 25.0 Å². The minimum absolute atomic E-state index is 0.246. The molecule has 1 aliphatic heterocycles. The van der Waals surface area contributed by atoms with Gasteiger partial charge in [0, 0.05) is 16.6 Å². The van der Waals surface area contributed by atoms with Gasteiger partial charge in [0.2, 0.25) is 0 Å². The summed E-state index contributed by atoms with van der Waals surface area (Å²) in [6.07, 6.45) is 6.19. The van der Waals surface area contributed by atoms with Crippen molar-refractivity contribution in [3.8, 4) is 0 Å². The van der Waals surface area contributed by atoms with Gasteiger partial charge in [0.05, 0.1) is 0 Å². The van der Waals surface area contributed by atoms with Crippen molar-refractivity contribution in [2.75, 3.05) is 32.7 Å². The summed E-state index contributed by atoms with van der Waals surface area (Å²) in [5.41, 5.74) is 1.30. The van der Waals surface area contributed by atoms with Crippen molar-refractivity contribution in [1.29, 1.82) is 0 Å². The Kier molecular flexibility index (Phi) is 6.52. The van der Waals surface area contributed by atoms with Crippen molar-refractivity contribution in [3.05, 3.63) is 34.9 Å². The summed E-state index contributed by atoms with van der Waals surface area (Å²) in [5, 5.41) is 4.06. The van der Waals surface area contributed by atoms with Gasteiger partial charge >= 0.3 is 0 Å². The van der Waals surface area contributed by atoms with Gasteiger partial charge in [0.25, 0.3) is 5.91 Å². The highest BCUT2D eigenvalue weighted by Gasteiger charge is 2.26. The Bertz CT molecular complexity index is 537. The van der Waals surface area contributed by atoms with Gasteiger partial charge in [-0.3, -0.25) is 4.79 Å². The zero-order valence-electron chi connectivity index (χ0n) is 14.5. The van der Waals surface area contributed by atoms with E-state index in [1.165, 1.54) is 42.6 Å². The molecule has 1 aromatic rings. The van der Waals surface area contributed by atoms with Gasteiger partial charge < -0.3 is 15.1 Å². The number of halogens is 1. The largest absolute Gasteiger partial charge is 0.348 e. The zero-order valence-corrected chi connectivity index (χ0v) is 15.2. The molecule has 1 aromatic carbocycles. The molecule has 1 amide bonds. The van der Waals surface area contributed by atoms with E-state index in [2.05, 4.69) is 17.4 Å². The summed E-state index contributed by atoms with van der Waals surface area (Å²) >= 11 is 6.07. The first-order valence-corrected chi connectivity index (χ1v) is 9.78. The number of benzene rings is 1. The van der Waals surface area contributed by atoms with Crippen LogP contribution in [0.2, 0.25) is 5.02 Å². The van der Waals surface area contributed by atoms with E-state index < -0.39 is 0 Å². The summed E-state index contributed by atoms with van der Waals surface area (Å²) in [7, 11) is 0. The number of quaternary nitrogens is 2. The zero-order chi connectivity index (χ0) is 16.8. The highest BCUT2D eigenvalue weighted by Crippen LogP contribution is 2.17. The monoisotopic (exact) mass is 351 g/mol. The van der Waals surface area contributed by atoms with E-state index in [1.54, 1.807) is 4.90 Å².